The molecule has 0 saturated carbocycles. The Morgan fingerprint density at radius 2 is 2.04 bits per heavy atom. The molecular weight excluding hydrogens is 344 g/mol. The van der Waals surface area contributed by atoms with Gasteiger partial charge >= 0.3 is 5.97 Å². The van der Waals surface area contributed by atoms with Crippen molar-refractivity contribution in [1.29, 1.82) is 0 Å². The lowest BCUT2D eigenvalue weighted by molar-refractivity contribution is -0.161. The Bertz CT molecular complexity index is 713. The number of carboxylic acids is 1. The predicted molar refractivity (Wildman–Crippen MR) is 79.2 cm³/mol. The second-order valence-electron chi connectivity index (χ2n) is 5.54. The number of carboxylic acid groups (broad SMARTS) is 1. The number of aliphatic carboxylic acids is 1. The van der Waals surface area contributed by atoms with Crippen LogP contribution in [0, 0.1) is 0 Å². The lowest BCUT2D eigenvalue weighted by Crippen LogP contribution is -2.71. The van der Waals surface area contributed by atoms with Crippen molar-refractivity contribution < 1.29 is 37.8 Å². The number of carbonyl (C=O) groups is 3. The van der Waals surface area contributed by atoms with Gasteiger partial charge in [-0.3, -0.25) is 19.3 Å². The van der Waals surface area contributed by atoms with E-state index >= 15 is 0 Å². The number of carbonyl (C=O) groups excluding carboxylic acids is 2. The monoisotopic (exact) mass is 362 g/mol. The van der Waals surface area contributed by atoms with Crippen LogP contribution in [0.25, 0.3) is 0 Å². The molecular formula is C13H18N2O8S. The third-order valence-corrected chi connectivity index (χ3v) is 5.91. The molecule has 0 aliphatic carbocycles. The van der Waals surface area contributed by atoms with Crippen molar-refractivity contribution in [2.24, 2.45) is 0 Å². The van der Waals surface area contributed by atoms with Gasteiger partial charge in [0.1, 0.15) is 5.70 Å². The number of nitrogens with zero attached hydrogens (tertiary/aromatic N) is 2. The molecule has 2 aliphatic rings. The van der Waals surface area contributed by atoms with Crippen LogP contribution in [0.3, 0.4) is 0 Å². The van der Waals surface area contributed by atoms with Gasteiger partial charge < -0.3 is 19.8 Å². The summed E-state index contributed by atoms with van der Waals surface area (Å²) in [6, 6.07) is 0. The van der Waals surface area contributed by atoms with Gasteiger partial charge in [0.15, 0.2) is 21.3 Å². The molecule has 0 bridgehead atoms. The molecule has 2 amide bonds. The minimum Gasteiger partial charge on any atom is -0.481 e. The van der Waals surface area contributed by atoms with Crippen LogP contribution in [-0.2, 0) is 29.0 Å². The molecule has 2 atom stereocenters. The molecule has 0 spiro atoms. The molecule has 0 aromatic heterocycles. The van der Waals surface area contributed by atoms with E-state index in [1.807, 2.05) is 0 Å². The highest BCUT2D eigenvalue weighted by Gasteiger charge is 2.60. The first-order valence-electron chi connectivity index (χ1n) is 7.03. The third-order valence-electron chi connectivity index (χ3n) is 3.97. The molecule has 0 unspecified atom stereocenters. The molecule has 2 N–H and O–H groups in total. The summed E-state index contributed by atoms with van der Waals surface area (Å²) < 4.78 is 29.4. The second-order valence-corrected chi connectivity index (χ2v) is 7.64. The fourth-order valence-corrected chi connectivity index (χ4v) is 4.75. The number of hydrogen-bond donors (Lipinski definition) is 2. The van der Waals surface area contributed by atoms with Crippen molar-refractivity contribution >= 4 is 27.6 Å². The van der Waals surface area contributed by atoms with Crippen LogP contribution in [0.4, 0.5) is 0 Å². The summed E-state index contributed by atoms with van der Waals surface area (Å²) in [6.45, 7) is -0.829. The summed E-state index contributed by atoms with van der Waals surface area (Å²) >= 11 is 0. The first kappa shape index (κ1) is 18.4. The largest absolute Gasteiger partial charge is 0.481 e. The molecule has 134 valence electrons. The topological polar surface area (TPSA) is 142 Å². The van der Waals surface area contributed by atoms with Crippen LogP contribution >= 0.6 is 0 Å². The normalized spacial score (nSPS) is 25.1. The molecule has 1 fully saturated rings. The molecule has 24 heavy (non-hydrogen) atoms. The van der Waals surface area contributed by atoms with Gasteiger partial charge in [0.25, 0.3) is 11.8 Å². The Morgan fingerprint density at radius 3 is 2.54 bits per heavy atom. The van der Waals surface area contributed by atoms with Crippen LogP contribution in [-0.4, -0.2) is 90.8 Å². The fraction of sp³-hybridized carbons (Fsp3) is 0.615. The van der Waals surface area contributed by atoms with Crippen molar-refractivity contribution in [3.05, 3.63) is 11.3 Å². The van der Waals surface area contributed by atoms with Gasteiger partial charge in [-0.2, -0.15) is 0 Å². The Balaban J connectivity index is 2.38. The van der Waals surface area contributed by atoms with E-state index in [1.165, 1.54) is 14.2 Å². The number of fused-ring (bicyclic) bond motifs is 1. The quantitative estimate of drug-likeness (QED) is 0.506. The predicted octanol–water partition coefficient (Wildman–Crippen LogP) is -2.22. The van der Waals surface area contributed by atoms with E-state index < -0.39 is 51.5 Å². The lowest BCUT2D eigenvalue weighted by Gasteiger charge is -2.49. The van der Waals surface area contributed by atoms with E-state index in [1.54, 1.807) is 0 Å². The number of β-lactam (4-membered cyclic amide) rings is 1. The van der Waals surface area contributed by atoms with Crippen LogP contribution < -0.4 is 0 Å². The van der Waals surface area contributed by atoms with E-state index in [9.17, 15) is 27.9 Å². The zero-order valence-corrected chi connectivity index (χ0v) is 13.9. The molecule has 2 rings (SSSR count). The Hall–Kier alpha value is -1.98. The second kappa shape index (κ2) is 6.49. The Kier molecular flexibility index (Phi) is 4.97. The number of hydrogen-bond acceptors (Lipinski definition) is 7. The molecule has 2 aliphatic heterocycles. The Morgan fingerprint density at radius 1 is 1.42 bits per heavy atom. The van der Waals surface area contributed by atoms with E-state index in [0.717, 1.165) is 9.80 Å². The minimum absolute atomic E-state index is 0.0960. The lowest BCUT2D eigenvalue weighted by atomic mass is 10.0. The number of likely N-dealkylation sites (N-methyl/N-ethyl adjacent to an activating group) is 1. The number of sulfone groups is 1. The molecule has 2 heterocycles. The van der Waals surface area contributed by atoms with Crippen molar-refractivity contribution in [2.45, 2.75) is 17.9 Å². The van der Waals surface area contributed by atoms with Gasteiger partial charge in [0.2, 0.25) is 0 Å². The summed E-state index contributed by atoms with van der Waals surface area (Å²) in [6.07, 6.45) is -1.50. The number of ether oxygens (including phenoxy) is 1. The van der Waals surface area contributed by atoms with E-state index in [0.29, 0.717) is 0 Å². The number of methoxy groups -OCH3 is 1. The van der Waals surface area contributed by atoms with Crippen LogP contribution in [0.1, 0.15) is 6.42 Å². The van der Waals surface area contributed by atoms with E-state index in [2.05, 4.69) is 0 Å². The van der Waals surface area contributed by atoms with Gasteiger partial charge in [-0.1, -0.05) is 0 Å². The van der Waals surface area contributed by atoms with Crippen LogP contribution in [0.2, 0.25) is 0 Å². The summed E-state index contributed by atoms with van der Waals surface area (Å²) in [5, 5.41) is 16.8. The average molecular weight is 362 g/mol. The van der Waals surface area contributed by atoms with Crippen molar-refractivity contribution in [2.75, 3.05) is 33.1 Å². The SMILES string of the molecule is CO[C@H]1C(=O)N2C(C(=O)N(C)CCC(=O)O)=C(CO)CS(=O)(=O)[C@H]12. The van der Waals surface area contributed by atoms with E-state index in [4.69, 9.17) is 9.84 Å². The average Bonchev–Trinajstić information content (AvgIpc) is 2.51. The molecule has 10 nitrogen and oxygen atoms in total. The number of aliphatic hydroxyl groups is 1. The van der Waals surface area contributed by atoms with Gasteiger partial charge in [-0.05, 0) is 5.57 Å². The minimum atomic E-state index is -3.80. The maximum absolute atomic E-state index is 12.6. The van der Waals surface area contributed by atoms with Gasteiger partial charge in [-0.15, -0.1) is 0 Å². The number of rotatable bonds is 6. The van der Waals surface area contributed by atoms with E-state index in [-0.39, 0.29) is 24.2 Å². The fourth-order valence-electron chi connectivity index (χ4n) is 2.73. The van der Waals surface area contributed by atoms with Crippen LogP contribution in [0.5, 0.6) is 0 Å². The number of amides is 2. The first-order chi connectivity index (χ1) is 11.2. The standard InChI is InChI=1S/C13H18N2O8S/c1-14(4-3-8(17)18)11(19)9-7(5-16)6-24(21,22)13-10(23-2)12(20)15(9)13/h10,13,16H,3-6H2,1-2H3,(H,17,18)/t10-,13+/m0/s1. The zero-order chi connectivity index (χ0) is 18.2. The summed E-state index contributed by atoms with van der Waals surface area (Å²) in [7, 11) is -1.27. The zero-order valence-electron chi connectivity index (χ0n) is 13.1. The van der Waals surface area contributed by atoms with Gasteiger partial charge in [0, 0.05) is 20.7 Å². The molecule has 11 heteroatoms. The highest BCUT2D eigenvalue weighted by Crippen LogP contribution is 2.38. The molecule has 0 aromatic carbocycles. The number of aliphatic hydroxyl groups excluding tert-OH is 1. The van der Waals surface area contributed by atoms with Crippen molar-refractivity contribution in [1.82, 2.24) is 9.80 Å². The summed E-state index contributed by atoms with van der Waals surface area (Å²) in [5.74, 6) is -3.07. The summed E-state index contributed by atoms with van der Waals surface area (Å²) in [5.41, 5.74) is -0.315. The molecule has 0 radical (unpaired) electrons. The molecule has 1 saturated heterocycles. The third kappa shape index (κ3) is 2.89. The maximum Gasteiger partial charge on any atom is 0.305 e. The first-order valence-corrected chi connectivity index (χ1v) is 8.74. The van der Waals surface area contributed by atoms with Crippen molar-refractivity contribution in [3.63, 3.8) is 0 Å². The smallest absolute Gasteiger partial charge is 0.305 e. The Labute approximate surface area is 138 Å². The molecule has 0 aromatic rings. The maximum atomic E-state index is 12.6. The highest BCUT2D eigenvalue weighted by atomic mass is 32.2. The van der Waals surface area contributed by atoms with Gasteiger partial charge in [-0.25, -0.2) is 8.42 Å². The van der Waals surface area contributed by atoms with Crippen molar-refractivity contribution in [3.8, 4) is 0 Å². The highest BCUT2D eigenvalue weighted by molar-refractivity contribution is 7.92. The van der Waals surface area contributed by atoms with Crippen LogP contribution in [0.15, 0.2) is 11.3 Å². The summed E-state index contributed by atoms with van der Waals surface area (Å²) in [4.78, 5) is 37.2. The van der Waals surface area contributed by atoms with Gasteiger partial charge in [0.05, 0.1) is 18.8 Å².